The second-order valence-corrected chi connectivity index (χ2v) is 5.53. The van der Waals surface area contributed by atoms with Crippen molar-refractivity contribution in [1.29, 1.82) is 0 Å². The Hall–Kier alpha value is -0.240. The maximum absolute atomic E-state index is 4.31. The smallest absolute Gasteiger partial charge is 0.0501 e. The molecule has 0 unspecified atom stereocenters. The SMILES string of the molecule is CC1(C)C=CC(C)(C)SN=C1. The van der Waals surface area contributed by atoms with Crippen LogP contribution in [0.4, 0.5) is 0 Å². The average Bonchev–Trinajstić information content (AvgIpc) is 1.92. The summed E-state index contributed by atoms with van der Waals surface area (Å²) < 4.78 is 4.46. The van der Waals surface area contributed by atoms with Crippen molar-refractivity contribution in [3.05, 3.63) is 12.2 Å². The topological polar surface area (TPSA) is 12.4 Å². The van der Waals surface area contributed by atoms with E-state index in [0.717, 1.165) is 0 Å². The molecule has 1 heterocycles. The van der Waals surface area contributed by atoms with Gasteiger partial charge in [0, 0.05) is 11.6 Å². The molecule has 0 aliphatic carbocycles. The molecule has 0 aromatic carbocycles. The molecule has 1 aliphatic rings. The molecule has 0 saturated heterocycles. The van der Waals surface area contributed by atoms with E-state index in [0.29, 0.717) is 0 Å². The highest BCUT2D eigenvalue weighted by atomic mass is 32.2. The summed E-state index contributed by atoms with van der Waals surface area (Å²) in [5.41, 5.74) is 0.126. The molecule has 1 rings (SSSR count). The molecule has 2 heteroatoms. The molecule has 1 aliphatic heterocycles. The Kier molecular flexibility index (Phi) is 2.15. The zero-order chi connectivity index (χ0) is 8.54. The van der Waals surface area contributed by atoms with Crippen molar-refractivity contribution in [3.8, 4) is 0 Å². The molecule has 0 bridgehead atoms. The van der Waals surface area contributed by atoms with Crippen molar-refractivity contribution in [2.75, 3.05) is 0 Å². The molecule has 0 aromatic rings. The fraction of sp³-hybridized carbons (Fsp3) is 0.667. The van der Waals surface area contributed by atoms with E-state index in [1.165, 1.54) is 0 Å². The van der Waals surface area contributed by atoms with Gasteiger partial charge in [0.05, 0.1) is 4.75 Å². The van der Waals surface area contributed by atoms with Gasteiger partial charge >= 0.3 is 0 Å². The predicted octanol–water partition coefficient (Wildman–Crippen LogP) is 3.08. The van der Waals surface area contributed by atoms with Crippen molar-refractivity contribution >= 4 is 18.2 Å². The first-order chi connectivity index (χ1) is 4.91. The molecule has 0 radical (unpaired) electrons. The van der Waals surface area contributed by atoms with Crippen LogP contribution in [0.25, 0.3) is 0 Å². The second kappa shape index (κ2) is 2.67. The first kappa shape index (κ1) is 8.85. The minimum atomic E-state index is 0.126. The monoisotopic (exact) mass is 169 g/mol. The van der Waals surface area contributed by atoms with Gasteiger partial charge in [-0.2, -0.15) is 0 Å². The van der Waals surface area contributed by atoms with Gasteiger partial charge in [-0.25, -0.2) is 4.40 Å². The highest BCUT2D eigenvalue weighted by molar-refractivity contribution is 7.99. The molecule has 0 aromatic heterocycles. The van der Waals surface area contributed by atoms with Crippen LogP contribution in [-0.2, 0) is 0 Å². The van der Waals surface area contributed by atoms with Crippen LogP contribution in [0, 0.1) is 5.41 Å². The molecule has 0 N–H and O–H groups in total. The van der Waals surface area contributed by atoms with E-state index in [1.54, 1.807) is 11.9 Å². The van der Waals surface area contributed by atoms with E-state index in [9.17, 15) is 0 Å². The first-order valence-electron chi connectivity index (χ1n) is 3.84. The fourth-order valence-corrected chi connectivity index (χ4v) is 1.51. The van der Waals surface area contributed by atoms with Gasteiger partial charge < -0.3 is 0 Å². The molecule has 0 amide bonds. The highest BCUT2D eigenvalue weighted by Crippen LogP contribution is 2.32. The van der Waals surface area contributed by atoms with E-state index < -0.39 is 0 Å². The van der Waals surface area contributed by atoms with Gasteiger partial charge in [0.1, 0.15) is 0 Å². The van der Waals surface area contributed by atoms with E-state index in [-0.39, 0.29) is 10.2 Å². The maximum atomic E-state index is 4.31. The lowest BCUT2D eigenvalue weighted by molar-refractivity contribution is 0.689. The Morgan fingerprint density at radius 3 is 2.36 bits per heavy atom. The largest absolute Gasteiger partial charge is 0.227 e. The van der Waals surface area contributed by atoms with Crippen molar-refractivity contribution < 1.29 is 0 Å². The molecule has 62 valence electrons. The van der Waals surface area contributed by atoms with Gasteiger partial charge in [-0.1, -0.05) is 26.0 Å². The number of rotatable bonds is 0. The predicted molar refractivity (Wildman–Crippen MR) is 53.1 cm³/mol. The van der Waals surface area contributed by atoms with Crippen LogP contribution in [-0.4, -0.2) is 11.0 Å². The summed E-state index contributed by atoms with van der Waals surface area (Å²) in [6.45, 7) is 8.67. The molecule has 11 heavy (non-hydrogen) atoms. The van der Waals surface area contributed by atoms with Crippen molar-refractivity contribution in [3.63, 3.8) is 0 Å². The summed E-state index contributed by atoms with van der Waals surface area (Å²) in [5.74, 6) is 0. The van der Waals surface area contributed by atoms with Crippen molar-refractivity contribution in [2.45, 2.75) is 32.4 Å². The van der Waals surface area contributed by atoms with Gasteiger partial charge in [0.25, 0.3) is 0 Å². The summed E-state index contributed by atoms with van der Waals surface area (Å²) in [7, 11) is 0. The number of hydrogen-bond acceptors (Lipinski definition) is 2. The number of allylic oxidation sites excluding steroid dienone is 1. The fourth-order valence-electron chi connectivity index (χ4n) is 0.787. The minimum Gasteiger partial charge on any atom is -0.227 e. The number of hydrogen-bond donors (Lipinski definition) is 0. The molecule has 1 nitrogen and oxygen atoms in total. The molecular formula is C9H15NS. The summed E-state index contributed by atoms with van der Waals surface area (Å²) in [5, 5.41) is 0. The Balaban J connectivity index is 2.86. The average molecular weight is 169 g/mol. The molecule has 0 spiro atoms. The summed E-state index contributed by atoms with van der Waals surface area (Å²) in [6.07, 6.45) is 6.45. The van der Waals surface area contributed by atoms with Gasteiger partial charge in [-0.15, -0.1) is 0 Å². The van der Waals surface area contributed by atoms with Crippen LogP contribution < -0.4 is 0 Å². The van der Waals surface area contributed by atoms with Gasteiger partial charge in [-0.3, -0.25) is 0 Å². The Bertz CT molecular complexity index is 202. The van der Waals surface area contributed by atoms with Crippen LogP contribution in [0.15, 0.2) is 16.5 Å². The Morgan fingerprint density at radius 2 is 1.73 bits per heavy atom. The highest BCUT2D eigenvalue weighted by Gasteiger charge is 2.20. The van der Waals surface area contributed by atoms with E-state index in [4.69, 9.17) is 0 Å². The summed E-state index contributed by atoms with van der Waals surface area (Å²) in [4.78, 5) is 0. The zero-order valence-corrected chi connectivity index (χ0v) is 8.40. The normalized spacial score (nSPS) is 26.5. The summed E-state index contributed by atoms with van der Waals surface area (Å²) >= 11 is 1.63. The molecular weight excluding hydrogens is 154 g/mol. The van der Waals surface area contributed by atoms with E-state index >= 15 is 0 Å². The van der Waals surface area contributed by atoms with Crippen LogP contribution in [0.1, 0.15) is 27.7 Å². The lowest BCUT2D eigenvalue weighted by Gasteiger charge is -2.14. The molecule has 0 saturated carbocycles. The van der Waals surface area contributed by atoms with E-state index in [1.807, 2.05) is 6.21 Å². The standard InChI is InChI=1S/C9H15NS/c1-8(2)5-6-9(3,4)11-10-7-8/h5-7H,1-4H3. The van der Waals surface area contributed by atoms with Crippen molar-refractivity contribution in [2.24, 2.45) is 9.81 Å². The van der Waals surface area contributed by atoms with Crippen LogP contribution >= 0.6 is 11.9 Å². The lowest BCUT2D eigenvalue weighted by Crippen LogP contribution is -2.10. The van der Waals surface area contributed by atoms with Crippen LogP contribution in [0.2, 0.25) is 0 Å². The minimum absolute atomic E-state index is 0.126. The lowest BCUT2D eigenvalue weighted by atomic mass is 9.93. The van der Waals surface area contributed by atoms with Crippen LogP contribution in [0.5, 0.6) is 0 Å². The first-order valence-corrected chi connectivity index (χ1v) is 4.62. The van der Waals surface area contributed by atoms with Gasteiger partial charge in [0.2, 0.25) is 0 Å². The van der Waals surface area contributed by atoms with Gasteiger partial charge in [-0.05, 0) is 25.8 Å². The Morgan fingerprint density at radius 1 is 1.09 bits per heavy atom. The zero-order valence-electron chi connectivity index (χ0n) is 7.59. The van der Waals surface area contributed by atoms with E-state index in [2.05, 4.69) is 44.2 Å². The maximum Gasteiger partial charge on any atom is 0.0501 e. The second-order valence-electron chi connectivity index (χ2n) is 4.08. The Labute approximate surface area is 73.1 Å². The third-order valence-electron chi connectivity index (χ3n) is 1.59. The van der Waals surface area contributed by atoms with Crippen molar-refractivity contribution in [1.82, 2.24) is 0 Å². The van der Waals surface area contributed by atoms with Gasteiger partial charge in [0.15, 0.2) is 0 Å². The third-order valence-corrected chi connectivity index (χ3v) is 2.41. The molecule has 0 atom stereocenters. The third kappa shape index (κ3) is 2.70. The van der Waals surface area contributed by atoms with Crippen LogP contribution in [0.3, 0.4) is 0 Å². The number of nitrogens with zero attached hydrogens (tertiary/aromatic N) is 1. The quantitative estimate of drug-likeness (QED) is 0.401. The molecule has 0 fully saturated rings. The summed E-state index contributed by atoms with van der Waals surface area (Å²) in [6, 6.07) is 0.